The molecular weight excluding hydrogens is 358 g/mol. The molecule has 0 saturated heterocycles. The highest BCUT2D eigenvalue weighted by Gasteiger charge is 2.24. The summed E-state index contributed by atoms with van der Waals surface area (Å²) >= 11 is 1.65. The number of hydrogen-bond acceptors (Lipinski definition) is 5. The Balaban J connectivity index is 1.62. The van der Waals surface area contributed by atoms with Crippen molar-refractivity contribution in [3.05, 3.63) is 65.8 Å². The third-order valence-electron chi connectivity index (χ3n) is 4.78. The lowest BCUT2D eigenvalue weighted by molar-refractivity contribution is -0.488. The van der Waals surface area contributed by atoms with E-state index < -0.39 is 0 Å². The van der Waals surface area contributed by atoms with Gasteiger partial charge in [0.25, 0.3) is 0 Å². The van der Waals surface area contributed by atoms with Crippen molar-refractivity contribution < 1.29 is 13.9 Å². The Labute approximate surface area is 160 Å². The number of fused-ring (bicyclic) bond motifs is 4. The molecule has 27 heavy (non-hydrogen) atoms. The number of methoxy groups -OCH3 is 1. The molecule has 2 aromatic heterocycles. The zero-order valence-electron chi connectivity index (χ0n) is 15.3. The number of aromatic nitrogens is 2. The zero-order chi connectivity index (χ0) is 18.5. The number of rotatable bonds is 2. The van der Waals surface area contributed by atoms with E-state index in [1.165, 1.54) is 0 Å². The molecule has 2 aromatic carbocycles. The van der Waals surface area contributed by atoms with Crippen molar-refractivity contribution in [3.63, 3.8) is 0 Å². The lowest BCUT2D eigenvalue weighted by Gasteiger charge is -2.09. The van der Waals surface area contributed by atoms with Gasteiger partial charge in [-0.05, 0) is 47.5 Å². The maximum Gasteiger partial charge on any atom is 0.388 e. The standard InChI is InChI=1S/C21H18N3O2S/c1-13-10-14(11-20-23(2)16-6-4-5-7-18(16)26-20)22-21-24(13)17-9-8-15(25-3)12-19(17)27-21/h4-12H,1-3H3/q+1. The minimum atomic E-state index is 0.773. The molecule has 0 N–H and O–H groups in total. The highest BCUT2D eigenvalue weighted by atomic mass is 32.1. The van der Waals surface area contributed by atoms with Crippen LogP contribution in [0.25, 0.3) is 21.3 Å². The predicted octanol–water partition coefficient (Wildman–Crippen LogP) is 4.18. The van der Waals surface area contributed by atoms with Crippen molar-refractivity contribution in [2.45, 2.75) is 6.92 Å². The van der Waals surface area contributed by atoms with Gasteiger partial charge in [0, 0.05) is 19.2 Å². The van der Waals surface area contributed by atoms with Crippen LogP contribution in [-0.2, 0) is 0 Å². The van der Waals surface area contributed by atoms with Gasteiger partial charge in [0.2, 0.25) is 5.88 Å². The van der Waals surface area contributed by atoms with Crippen molar-refractivity contribution in [3.8, 4) is 11.5 Å². The minimum Gasteiger partial charge on any atom is -0.497 e. The number of anilines is 1. The second kappa shape index (κ2) is 5.96. The second-order valence-electron chi connectivity index (χ2n) is 6.49. The molecule has 0 aliphatic carbocycles. The van der Waals surface area contributed by atoms with Gasteiger partial charge in [0.15, 0.2) is 17.0 Å². The number of aryl methyl sites for hydroxylation is 1. The molecule has 0 atom stereocenters. The maximum absolute atomic E-state index is 5.99. The van der Waals surface area contributed by atoms with Crippen LogP contribution >= 0.6 is 11.3 Å². The van der Waals surface area contributed by atoms with E-state index in [9.17, 15) is 0 Å². The molecule has 4 aromatic rings. The van der Waals surface area contributed by atoms with E-state index in [1.54, 1.807) is 18.4 Å². The lowest BCUT2D eigenvalue weighted by atomic mass is 10.3. The molecule has 5 rings (SSSR count). The molecule has 0 amide bonds. The number of benzene rings is 2. The van der Waals surface area contributed by atoms with Crippen molar-refractivity contribution >= 4 is 38.3 Å². The summed E-state index contributed by atoms with van der Waals surface area (Å²) in [5.41, 5.74) is 4.20. The number of nitrogens with zero attached hydrogens (tertiary/aromatic N) is 3. The van der Waals surface area contributed by atoms with E-state index in [0.717, 1.165) is 49.6 Å². The van der Waals surface area contributed by atoms with Gasteiger partial charge in [-0.2, -0.15) is 4.40 Å². The highest BCUT2D eigenvalue weighted by molar-refractivity contribution is 7.22. The summed E-state index contributed by atoms with van der Waals surface area (Å²) in [5, 5.41) is 0. The van der Waals surface area contributed by atoms with E-state index in [2.05, 4.69) is 29.5 Å². The Morgan fingerprint density at radius 3 is 2.85 bits per heavy atom. The van der Waals surface area contributed by atoms with Crippen LogP contribution in [0.3, 0.4) is 0 Å². The number of para-hydroxylation sites is 2. The van der Waals surface area contributed by atoms with Gasteiger partial charge in [-0.3, -0.25) is 0 Å². The van der Waals surface area contributed by atoms with E-state index in [4.69, 9.17) is 14.5 Å². The maximum atomic E-state index is 5.99. The smallest absolute Gasteiger partial charge is 0.388 e. The summed E-state index contributed by atoms with van der Waals surface area (Å²) in [7, 11) is 3.69. The first-order chi connectivity index (χ1) is 13.1. The van der Waals surface area contributed by atoms with Gasteiger partial charge in [-0.25, -0.2) is 0 Å². The Kier molecular flexibility index (Phi) is 3.55. The van der Waals surface area contributed by atoms with Crippen LogP contribution in [0.2, 0.25) is 0 Å². The summed E-state index contributed by atoms with van der Waals surface area (Å²) in [6.07, 6.45) is 1.98. The van der Waals surface area contributed by atoms with E-state index in [1.807, 2.05) is 48.4 Å². The Morgan fingerprint density at radius 2 is 2.04 bits per heavy atom. The van der Waals surface area contributed by atoms with Crippen LogP contribution in [0.5, 0.6) is 11.5 Å². The molecule has 3 heterocycles. The van der Waals surface area contributed by atoms with Gasteiger partial charge in [0.1, 0.15) is 11.4 Å². The van der Waals surface area contributed by atoms with Gasteiger partial charge in [-0.1, -0.05) is 12.1 Å². The third-order valence-corrected chi connectivity index (χ3v) is 5.78. The first-order valence-corrected chi connectivity index (χ1v) is 9.48. The molecule has 0 spiro atoms. The van der Waals surface area contributed by atoms with Gasteiger partial charge >= 0.3 is 4.96 Å². The van der Waals surface area contributed by atoms with Gasteiger partial charge in [0.05, 0.1) is 23.6 Å². The topological polar surface area (TPSA) is 38.7 Å². The fourth-order valence-corrected chi connectivity index (χ4v) is 4.54. The molecule has 6 heteroatoms. The summed E-state index contributed by atoms with van der Waals surface area (Å²) in [6.45, 7) is 2.10. The average Bonchev–Trinajstić information content (AvgIpc) is 3.19. The van der Waals surface area contributed by atoms with Crippen LogP contribution < -0.4 is 18.8 Å². The van der Waals surface area contributed by atoms with E-state index in [0.29, 0.717) is 0 Å². The van der Waals surface area contributed by atoms with Crippen molar-refractivity contribution in [1.82, 2.24) is 4.98 Å². The number of thiazole rings is 1. The number of hydrogen-bond donors (Lipinski definition) is 0. The predicted molar refractivity (Wildman–Crippen MR) is 108 cm³/mol. The Bertz CT molecular complexity index is 1230. The summed E-state index contributed by atoms with van der Waals surface area (Å²) in [4.78, 5) is 7.84. The minimum absolute atomic E-state index is 0.773. The molecule has 1 aliphatic rings. The highest BCUT2D eigenvalue weighted by Crippen LogP contribution is 2.37. The zero-order valence-corrected chi connectivity index (χ0v) is 16.1. The molecule has 1 aliphatic heterocycles. The molecule has 0 unspecified atom stereocenters. The fraction of sp³-hybridized carbons (Fsp3) is 0.143. The molecule has 0 bridgehead atoms. The van der Waals surface area contributed by atoms with Crippen LogP contribution in [0.4, 0.5) is 5.69 Å². The quantitative estimate of drug-likeness (QED) is 0.492. The first-order valence-electron chi connectivity index (χ1n) is 8.66. The van der Waals surface area contributed by atoms with Crippen LogP contribution in [0.1, 0.15) is 11.4 Å². The molecule has 0 fully saturated rings. The van der Waals surface area contributed by atoms with Crippen molar-refractivity contribution in [2.75, 3.05) is 19.1 Å². The lowest BCUT2D eigenvalue weighted by Crippen LogP contribution is -2.25. The Morgan fingerprint density at radius 1 is 1.19 bits per heavy atom. The van der Waals surface area contributed by atoms with Gasteiger partial charge in [-0.15, -0.1) is 0 Å². The molecule has 134 valence electrons. The summed E-state index contributed by atoms with van der Waals surface area (Å²) < 4.78 is 14.7. The van der Waals surface area contributed by atoms with Crippen LogP contribution in [0, 0.1) is 6.92 Å². The Hall–Kier alpha value is -3.12. The fourth-order valence-electron chi connectivity index (χ4n) is 3.42. The van der Waals surface area contributed by atoms with E-state index in [-0.39, 0.29) is 0 Å². The molecular formula is C21H18N3O2S+. The van der Waals surface area contributed by atoms with Crippen LogP contribution in [0.15, 0.2) is 54.4 Å². The van der Waals surface area contributed by atoms with Gasteiger partial charge < -0.3 is 14.4 Å². The SMILES string of the molecule is COc1ccc2c(c1)sc1nc(/C=C3/Oc4ccccc4N3C)cc(C)[n+]12. The normalized spacial score (nSPS) is 14.8. The van der Waals surface area contributed by atoms with E-state index >= 15 is 0 Å². The number of ether oxygens (including phenoxy) is 2. The molecule has 5 nitrogen and oxygen atoms in total. The van der Waals surface area contributed by atoms with Crippen molar-refractivity contribution in [1.29, 1.82) is 0 Å². The summed E-state index contributed by atoms with van der Waals surface area (Å²) in [6, 6.07) is 16.2. The first kappa shape index (κ1) is 16.1. The van der Waals surface area contributed by atoms with Crippen molar-refractivity contribution in [2.24, 2.45) is 0 Å². The average molecular weight is 376 g/mol. The second-order valence-corrected chi connectivity index (χ2v) is 7.50. The largest absolute Gasteiger partial charge is 0.497 e. The molecule has 0 radical (unpaired) electrons. The summed E-state index contributed by atoms with van der Waals surface area (Å²) in [5.74, 6) is 2.50. The monoisotopic (exact) mass is 376 g/mol. The third kappa shape index (κ3) is 2.52. The molecule has 0 saturated carbocycles. The van der Waals surface area contributed by atoms with Crippen LogP contribution in [-0.4, -0.2) is 19.1 Å².